The molecule has 0 aromatic rings. The fourth-order valence-corrected chi connectivity index (χ4v) is 2.59. The van der Waals surface area contributed by atoms with E-state index in [1.807, 2.05) is 0 Å². The lowest BCUT2D eigenvalue weighted by molar-refractivity contribution is 0.199. The zero-order chi connectivity index (χ0) is 7.78. The summed E-state index contributed by atoms with van der Waals surface area (Å²) < 4.78 is 0. The van der Waals surface area contributed by atoms with Gasteiger partial charge in [0.25, 0.3) is 0 Å². The molecular weight excluding hydrogens is 120 g/mol. The van der Waals surface area contributed by atoms with Gasteiger partial charge in [-0.1, -0.05) is 34.1 Å². The molecule has 0 N–H and O–H groups in total. The minimum absolute atomic E-state index is 0.633. The summed E-state index contributed by atoms with van der Waals surface area (Å²) in [7, 11) is 0. The lowest BCUT2D eigenvalue weighted by Crippen LogP contribution is -2.21. The van der Waals surface area contributed by atoms with Crippen LogP contribution in [0, 0.1) is 17.3 Å². The molecule has 1 aliphatic carbocycles. The number of hydrogen-bond acceptors (Lipinski definition) is 0. The molecule has 0 heteroatoms. The van der Waals surface area contributed by atoms with Gasteiger partial charge in [0.2, 0.25) is 0 Å². The Morgan fingerprint density at radius 2 is 1.90 bits per heavy atom. The second-order valence-corrected chi connectivity index (χ2v) is 4.73. The van der Waals surface area contributed by atoms with Crippen LogP contribution in [0.5, 0.6) is 0 Å². The van der Waals surface area contributed by atoms with E-state index in [1.165, 1.54) is 19.3 Å². The smallest absolute Gasteiger partial charge is 0.0323 e. The molecular formula is C10H20. The minimum atomic E-state index is 0.633. The van der Waals surface area contributed by atoms with Gasteiger partial charge in [0, 0.05) is 0 Å². The van der Waals surface area contributed by atoms with E-state index in [9.17, 15) is 0 Å². The van der Waals surface area contributed by atoms with Gasteiger partial charge in [-0.05, 0) is 30.1 Å². The maximum Gasteiger partial charge on any atom is -0.0323 e. The van der Waals surface area contributed by atoms with E-state index in [0.717, 1.165) is 11.8 Å². The molecule has 0 aromatic heterocycles. The van der Waals surface area contributed by atoms with Crippen LogP contribution in [0.15, 0.2) is 0 Å². The van der Waals surface area contributed by atoms with E-state index in [-0.39, 0.29) is 0 Å². The van der Waals surface area contributed by atoms with Gasteiger partial charge < -0.3 is 0 Å². The molecule has 0 aromatic carbocycles. The van der Waals surface area contributed by atoms with Gasteiger partial charge in [-0.25, -0.2) is 0 Å². The van der Waals surface area contributed by atoms with E-state index in [0.29, 0.717) is 5.41 Å². The molecule has 0 heterocycles. The maximum absolute atomic E-state index is 2.42. The molecule has 0 unspecified atom stereocenters. The Kier molecular flexibility index (Phi) is 2.07. The molecule has 0 radical (unpaired) electrons. The molecule has 0 bridgehead atoms. The fourth-order valence-electron chi connectivity index (χ4n) is 2.59. The Bertz CT molecular complexity index is 111. The van der Waals surface area contributed by atoms with Crippen LogP contribution in [0.3, 0.4) is 0 Å². The van der Waals surface area contributed by atoms with Crippen molar-refractivity contribution in [1.82, 2.24) is 0 Å². The SMILES string of the molecule is CC(C)[C@@H]1CCCC1(C)C. The van der Waals surface area contributed by atoms with Crippen molar-refractivity contribution < 1.29 is 0 Å². The van der Waals surface area contributed by atoms with Crippen molar-refractivity contribution in [3.63, 3.8) is 0 Å². The predicted molar refractivity (Wildman–Crippen MR) is 46.0 cm³/mol. The zero-order valence-electron chi connectivity index (χ0n) is 7.78. The first-order valence-corrected chi connectivity index (χ1v) is 4.54. The van der Waals surface area contributed by atoms with Crippen LogP contribution in [0.25, 0.3) is 0 Å². The second-order valence-electron chi connectivity index (χ2n) is 4.73. The van der Waals surface area contributed by atoms with Crippen LogP contribution >= 0.6 is 0 Å². The van der Waals surface area contributed by atoms with Crippen LogP contribution in [0.1, 0.15) is 47.0 Å². The van der Waals surface area contributed by atoms with E-state index in [1.54, 1.807) is 0 Å². The Balaban J connectivity index is 2.59. The largest absolute Gasteiger partial charge is 0.0625 e. The molecule has 0 nitrogen and oxygen atoms in total. The highest BCUT2D eigenvalue weighted by atomic mass is 14.4. The van der Waals surface area contributed by atoms with Gasteiger partial charge in [0.15, 0.2) is 0 Å². The molecule has 0 saturated heterocycles. The van der Waals surface area contributed by atoms with Crippen molar-refractivity contribution in [1.29, 1.82) is 0 Å². The summed E-state index contributed by atoms with van der Waals surface area (Å²) in [6.45, 7) is 9.56. The summed E-state index contributed by atoms with van der Waals surface area (Å²) in [6.07, 6.45) is 4.36. The molecule has 1 rings (SSSR count). The summed E-state index contributed by atoms with van der Waals surface area (Å²) in [4.78, 5) is 0. The van der Waals surface area contributed by atoms with Crippen molar-refractivity contribution in [2.75, 3.05) is 0 Å². The summed E-state index contributed by atoms with van der Waals surface area (Å²) in [5.74, 6) is 1.87. The highest BCUT2D eigenvalue weighted by molar-refractivity contribution is 4.86. The summed E-state index contributed by atoms with van der Waals surface area (Å²) >= 11 is 0. The van der Waals surface area contributed by atoms with Crippen molar-refractivity contribution in [2.45, 2.75) is 47.0 Å². The molecule has 1 saturated carbocycles. The topological polar surface area (TPSA) is 0 Å². The first-order valence-electron chi connectivity index (χ1n) is 4.54. The van der Waals surface area contributed by atoms with Crippen LogP contribution in [-0.4, -0.2) is 0 Å². The predicted octanol–water partition coefficient (Wildman–Crippen LogP) is 3.47. The Morgan fingerprint density at radius 3 is 2.10 bits per heavy atom. The molecule has 10 heavy (non-hydrogen) atoms. The molecule has 0 aliphatic heterocycles. The Morgan fingerprint density at radius 1 is 1.30 bits per heavy atom. The van der Waals surface area contributed by atoms with E-state index in [4.69, 9.17) is 0 Å². The standard InChI is InChI=1S/C10H20/c1-8(2)9-6-5-7-10(9,3)4/h8-9H,5-7H2,1-4H3/t9-/m0/s1. The normalized spacial score (nSPS) is 31.5. The van der Waals surface area contributed by atoms with Crippen LogP contribution in [0.4, 0.5) is 0 Å². The third-order valence-corrected chi connectivity index (χ3v) is 3.14. The monoisotopic (exact) mass is 140 g/mol. The lowest BCUT2D eigenvalue weighted by Gasteiger charge is -2.30. The van der Waals surface area contributed by atoms with E-state index < -0.39 is 0 Å². The summed E-state index contributed by atoms with van der Waals surface area (Å²) in [6, 6.07) is 0. The van der Waals surface area contributed by atoms with Crippen LogP contribution < -0.4 is 0 Å². The molecule has 1 atom stereocenters. The van der Waals surface area contributed by atoms with Crippen LogP contribution in [-0.2, 0) is 0 Å². The van der Waals surface area contributed by atoms with Gasteiger partial charge in [0.1, 0.15) is 0 Å². The first kappa shape index (κ1) is 8.10. The summed E-state index contributed by atoms with van der Waals surface area (Å²) in [5.41, 5.74) is 0.633. The lowest BCUT2D eigenvalue weighted by atomic mass is 9.76. The van der Waals surface area contributed by atoms with E-state index in [2.05, 4.69) is 27.7 Å². The molecule has 0 amide bonds. The minimum Gasteiger partial charge on any atom is -0.0625 e. The number of hydrogen-bond donors (Lipinski definition) is 0. The molecule has 1 aliphatic rings. The first-order chi connectivity index (χ1) is 4.54. The van der Waals surface area contributed by atoms with Gasteiger partial charge >= 0.3 is 0 Å². The summed E-state index contributed by atoms with van der Waals surface area (Å²) in [5, 5.41) is 0. The molecule has 1 fully saturated rings. The molecule has 0 spiro atoms. The van der Waals surface area contributed by atoms with Gasteiger partial charge in [-0.2, -0.15) is 0 Å². The third kappa shape index (κ3) is 1.36. The average Bonchev–Trinajstić information content (AvgIpc) is 2.08. The van der Waals surface area contributed by atoms with Gasteiger partial charge in [-0.15, -0.1) is 0 Å². The van der Waals surface area contributed by atoms with Gasteiger partial charge in [-0.3, -0.25) is 0 Å². The van der Waals surface area contributed by atoms with Crippen molar-refractivity contribution >= 4 is 0 Å². The van der Waals surface area contributed by atoms with Crippen molar-refractivity contribution in [3.05, 3.63) is 0 Å². The fraction of sp³-hybridized carbons (Fsp3) is 1.00. The zero-order valence-corrected chi connectivity index (χ0v) is 7.78. The Hall–Kier alpha value is 0. The second kappa shape index (κ2) is 2.56. The van der Waals surface area contributed by atoms with Gasteiger partial charge in [0.05, 0.1) is 0 Å². The molecule has 60 valence electrons. The highest BCUT2D eigenvalue weighted by Gasteiger charge is 2.35. The average molecular weight is 140 g/mol. The van der Waals surface area contributed by atoms with Crippen LogP contribution in [0.2, 0.25) is 0 Å². The number of rotatable bonds is 1. The third-order valence-electron chi connectivity index (χ3n) is 3.14. The van der Waals surface area contributed by atoms with E-state index >= 15 is 0 Å². The van der Waals surface area contributed by atoms with Crippen molar-refractivity contribution in [2.24, 2.45) is 17.3 Å². The maximum atomic E-state index is 2.42. The highest BCUT2D eigenvalue weighted by Crippen LogP contribution is 2.46. The quantitative estimate of drug-likeness (QED) is 0.523. The Labute approximate surface area is 65.0 Å². The van der Waals surface area contributed by atoms with Crippen molar-refractivity contribution in [3.8, 4) is 0 Å².